The van der Waals surface area contributed by atoms with Crippen molar-refractivity contribution in [3.05, 3.63) is 130 Å². The number of Topliss-reactive ketones (excluding diaryl/α,β-unsaturated/α-hetero) is 1. The molecule has 3 amide bonds. The van der Waals surface area contributed by atoms with E-state index in [0.29, 0.717) is 34.2 Å². The lowest BCUT2D eigenvalue weighted by molar-refractivity contribution is -0.137. The van der Waals surface area contributed by atoms with Gasteiger partial charge in [0.05, 0.1) is 29.2 Å². The Morgan fingerprint density at radius 2 is 1.60 bits per heavy atom. The maximum Gasteiger partial charge on any atom is 0.418 e. The van der Waals surface area contributed by atoms with Crippen molar-refractivity contribution in [1.29, 1.82) is 0 Å². The predicted molar refractivity (Wildman–Crippen MR) is 159 cm³/mol. The standard InChI is InChI=1S/C32H24ClF3N4O3/c1-19-9-5-6-12-22(19)27(41)18-40-26-14-8-7-13-23(26)28(20-10-3-2-4-11-20)38-29(30(40)42)39-31(43)37-25-16-15-21(33)17-24(25)32(34,35)36/h2-17,29H,18H2,1H3,(H2,37,39,43)/t29-/m0/s1. The average Bonchev–Trinajstić information content (AvgIpc) is 3.09. The number of hydrogen-bond acceptors (Lipinski definition) is 4. The summed E-state index contributed by atoms with van der Waals surface area (Å²) in [6.45, 7) is 1.41. The highest BCUT2D eigenvalue weighted by Crippen LogP contribution is 2.36. The monoisotopic (exact) mass is 604 g/mol. The molecule has 11 heteroatoms. The van der Waals surface area contributed by atoms with E-state index in [-0.39, 0.29) is 17.4 Å². The van der Waals surface area contributed by atoms with E-state index in [2.05, 4.69) is 15.6 Å². The summed E-state index contributed by atoms with van der Waals surface area (Å²) in [5.74, 6) is -1.09. The van der Waals surface area contributed by atoms with Crippen molar-refractivity contribution in [2.45, 2.75) is 19.3 Å². The van der Waals surface area contributed by atoms with Crippen molar-refractivity contribution in [1.82, 2.24) is 5.32 Å². The second-order valence-corrected chi connectivity index (χ2v) is 10.1. The van der Waals surface area contributed by atoms with Crippen molar-refractivity contribution in [3.63, 3.8) is 0 Å². The first kappa shape index (κ1) is 29.5. The Morgan fingerprint density at radius 1 is 0.930 bits per heavy atom. The molecule has 1 aliphatic heterocycles. The van der Waals surface area contributed by atoms with Crippen LogP contribution in [0.3, 0.4) is 0 Å². The van der Waals surface area contributed by atoms with E-state index in [1.807, 2.05) is 0 Å². The first-order valence-electron chi connectivity index (χ1n) is 13.1. The van der Waals surface area contributed by atoms with Crippen LogP contribution in [-0.4, -0.2) is 36.1 Å². The fourth-order valence-corrected chi connectivity index (χ4v) is 4.94. The van der Waals surface area contributed by atoms with E-state index in [4.69, 9.17) is 11.6 Å². The number of urea groups is 1. The van der Waals surface area contributed by atoms with Crippen LogP contribution in [0.25, 0.3) is 0 Å². The van der Waals surface area contributed by atoms with E-state index in [1.165, 1.54) is 11.0 Å². The smallest absolute Gasteiger partial charge is 0.308 e. The van der Waals surface area contributed by atoms with Crippen LogP contribution in [0.1, 0.15) is 32.6 Å². The molecule has 43 heavy (non-hydrogen) atoms. The summed E-state index contributed by atoms with van der Waals surface area (Å²) in [6.07, 6.45) is -6.40. The van der Waals surface area contributed by atoms with Gasteiger partial charge in [-0.3, -0.25) is 9.59 Å². The van der Waals surface area contributed by atoms with Crippen molar-refractivity contribution in [2.24, 2.45) is 4.99 Å². The number of amides is 3. The van der Waals surface area contributed by atoms with Crippen LogP contribution >= 0.6 is 11.6 Å². The molecule has 0 spiro atoms. The third-order valence-electron chi connectivity index (χ3n) is 6.81. The van der Waals surface area contributed by atoms with Gasteiger partial charge in [-0.1, -0.05) is 84.4 Å². The van der Waals surface area contributed by atoms with E-state index in [0.717, 1.165) is 11.6 Å². The van der Waals surface area contributed by atoms with Gasteiger partial charge in [0.2, 0.25) is 6.17 Å². The Kier molecular flexibility index (Phi) is 8.31. The molecule has 218 valence electrons. The van der Waals surface area contributed by atoms with Crippen LogP contribution in [-0.2, 0) is 11.0 Å². The fourth-order valence-electron chi connectivity index (χ4n) is 4.77. The van der Waals surface area contributed by atoms with Crippen molar-refractivity contribution >= 4 is 46.4 Å². The number of rotatable bonds is 6. The number of anilines is 2. The molecule has 0 saturated heterocycles. The molecule has 0 bridgehead atoms. The molecule has 0 unspecified atom stereocenters. The zero-order chi connectivity index (χ0) is 30.7. The molecule has 5 rings (SSSR count). The number of fused-ring (bicyclic) bond motifs is 1. The zero-order valence-corrected chi connectivity index (χ0v) is 23.4. The summed E-state index contributed by atoms with van der Waals surface area (Å²) in [7, 11) is 0. The molecule has 0 fully saturated rings. The average molecular weight is 605 g/mol. The normalized spacial score (nSPS) is 14.8. The van der Waals surface area contributed by atoms with Crippen LogP contribution in [0.15, 0.2) is 102 Å². The predicted octanol–water partition coefficient (Wildman–Crippen LogP) is 6.88. The largest absolute Gasteiger partial charge is 0.418 e. The Balaban J connectivity index is 1.54. The molecule has 1 aliphatic rings. The van der Waals surface area contributed by atoms with E-state index >= 15 is 0 Å². The van der Waals surface area contributed by atoms with Crippen LogP contribution in [0.2, 0.25) is 5.02 Å². The lowest BCUT2D eigenvalue weighted by Gasteiger charge is -2.25. The molecular weight excluding hydrogens is 581 g/mol. The molecule has 2 N–H and O–H groups in total. The first-order chi connectivity index (χ1) is 20.5. The second-order valence-electron chi connectivity index (χ2n) is 9.71. The van der Waals surface area contributed by atoms with Crippen LogP contribution < -0.4 is 15.5 Å². The highest BCUT2D eigenvalue weighted by atomic mass is 35.5. The summed E-state index contributed by atoms with van der Waals surface area (Å²) < 4.78 is 40.9. The van der Waals surface area contributed by atoms with Gasteiger partial charge >= 0.3 is 12.2 Å². The number of para-hydroxylation sites is 1. The number of aliphatic imine (C=N–C) groups is 1. The SMILES string of the molecule is Cc1ccccc1C(=O)CN1C(=O)[C@H](NC(=O)Nc2ccc(Cl)cc2C(F)(F)F)N=C(c2ccccc2)c2ccccc21. The van der Waals surface area contributed by atoms with Gasteiger partial charge in [0, 0.05) is 21.7 Å². The molecular formula is C32H24ClF3N4O3. The number of hydrogen-bond donors (Lipinski definition) is 2. The van der Waals surface area contributed by atoms with Gasteiger partial charge in [0.15, 0.2) is 5.78 Å². The van der Waals surface area contributed by atoms with Crippen LogP contribution in [0.4, 0.5) is 29.3 Å². The summed E-state index contributed by atoms with van der Waals surface area (Å²) in [5, 5.41) is 4.39. The molecule has 1 atom stereocenters. The molecule has 7 nitrogen and oxygen atoms in total. The third kappa shape index (κ3) is 6.44. The van der Waals surface area contributed by atoms with Crippen molar-refractivity contribution < 1.29 is 27.6 Å². The number of benzodiazepines with no additional fused rings is 1. The summed E-state index contributed by atoms with van der Waals surface area (Å²) in [6, 6.07) is 24.5. The van der Waals surface area contributed by atoms with Crippen LogP contribution in [0.5, 0.6) is 0 Å². The number of halogens is 4. The van der Waals surface area contributed by atoms with Crippen molar-refractivity contribution in [3.8, 4) is 0 Å². The molecule has 4 aromatic carbocycles. The third-order valence-corrected chi connectivity index (χ3v) is 7.04. The maximum atomic E-state index is 14.0. The van der Waals surface area contributed by atoms with Gasteiger partial charge in [0.1, 0.15) is 0 Å². The van der Waals surface area contributed by atoms with Crippen LogP contribution in [0, 0.1) is 6.92 Å². The Bertz CT molecular complexity index is 1740. The second kappa shape index (κ2) is 12.1. The topological polar surface area (TPSA) is 90.9 Å². The van der Waals surface area contributed by atoms with E-state index in [9.17, 15) is 27.6 Å². The minimum absolute atomic E-state index is 0.166. The molecule has 1 heterocycles. The lowest BCUT2D eigenvalue weighted by atomic mass is 9.99. The van der Waals surface area contributed by atoms with Gasteiger partial charge < -0.3 is 15.5 Å². The number of ketones is 1. The minimum Gasteiger partial charge on any atom is -0.308 e. The Morgan fingerprint density at radius 3 is 2.33 bits per heavy atom. The molecule has 0 saturated carbocycles. The molecule has 0 radical (unpaired) electrons. The maximum absolute atomic E-state index is 14.0. The van der Waals surface area contributed by atoms with Gasteiger partial charge in [0.25, 0.3) is 5.91 Å². The number of carbonyl (C=O) groups is 3. The minimum atomic E-state index is -4.81. The molecule has 0 aliphatic carbocycles. The number of aryl methyl sites for hydroxylation is 1. The summed E-state index contributed by atoms with van der Waals surface area (Å²) in [4.78, 5) is 46.4. The van der Waals surface area contributed by atoms with Gasteiger partial charge in [-0.15, -0.1) is 0 Å². The number of benzene rings is 4. The Hall–Kier alpha value is -4.96. The fraction of sp³-hybridized carbons (Fsp3) is 0.125. The number of alkyl halides is 3. The Labute approximate surface area is 250 Å². The zero-order valence-electron chi connectivity index (χ0n) is 22.7. The lowest BCUT2D eigenvalue weighted by Crippen LogP contribution is -2.50. The summed E-state index contributed by atoms with van der Waals surface area (Å²) in [5.41, 5.74) is 1.32. The quantitative estimate of drug-likeness (QED) is 0.235. The molecule has 4 aromatic rings. The van der Waals surface area contributed by atoms with Gasteiger partial charge in [-0.25, -0.2) is 9.79 Å². The number of nitrogens with zero attached hydrogens (tertiary/aromatic N) is 2. The van der Waals surface area contributed by atoms with Crippen molar-refractivity contribution in [2.75, 3.05) is 16.8 Å². The first-order valence-corrected chi connectivity index (χ1v) is 13.5. The molecule has 0 aromatic heterocycles. The van der Waals surface area contributed by atoms with Gasteiger partial charge in [-0.2, -0.15) is 13.2 Å². The number of carbonyl (C=O) groups excluding carboxylic acids is 3. The summed E-state index contributed by atoms with van der Waals surface area (Å²) >= 11 is 5.76. The van der Waals surface area contributed by atoms with E-state index < -0.39 is 35.5 Å². The number of nitrogens with one attached hydrogen (secondary N) is 2. The van der Waals surface area contributed by atoms with E-state index in [1.54, 1.807) is 85.8 Å². The highest BCUT2D eigenvalue weighted by molar-refractivity contribution is 6.30. The van der Waals surface area contributed by atoms with Gasteiger partial charge in [-0.05, 0) is 36.8 Å². The highest BCUT2D eigenvalue weighted by Gasteiger charge is 2.36.